The summed E-state index contributed by atoms with van der Waals surface area (Å²) in [5.41, 5.74) is 0. The first-order valence-corrected chi connectivity index (χ1v) is 5.68. The molecule has 16 heavy (non-hydrogen) atoms. The molecule has 0 saturated carbocycles. The average molecular weight is 230 g/mol. The van der Waals surface area contributed by atoms with Crippen LogP contribution in [0, 0.1) is 0 Å². The van der Waals surface area contributed by atoms with Crippen molar-refractivity contribution in [3.8, 4) is 0 Å². The fraction of sp³-hybridized carbons (Fsp3) is 0.818. The van der Waals surface area contributed by atoms with Crippen molar-refractivity contribution in [1.82, 2.24) is 10.2 Å². The maximum absolute atomic E-state index is 11.5. The van der Waals surface area contributed by atoms with Gasteiger partial charge in [-0.2, -0.15) is 0 Å². The molecule has 0 bridgehead atoms. The predicted molar refractivity (Wildman–Crippen MR) is 62.2 cm³/mol. The van der Waals surface area contributed by atoms with E-state index in [2.05, 4.69) is 5.32 Å². The van der Waals surface area contributed by atoms with Crippen LogP contribution in [0.2, 0.25) is 0 Å². The number of likely N-dealkylation sites (N-methyl/N-ethyl adjacent to an activating group) is 1. The van der Waals surface area contributed by atoms with Crippen molar-refractivity contribution in [2.24, 2.45) is 0 Å². The largest absolute Gasteiger partial charge is 0.480 e. The van der Waals surface area contributed by atoms with E-state index >= 15 is 0 Å². The molecule has 2 N–H and O–H groups in total. The summed E-state index contributed by atoms with van der Waals surface area (Å²) in [6, 6.07) is -0.501. The standard InChI is InChI=1S/C11H22N2O3/c1-5-9(11(15)16)13(6-2)7-10(14)12-8(3)4/h8-9H,5-7H2,1-4H3,(H,12,14)(H,15,16)/t9-/m1/s1. The van der Waals surface area contributed by atoms with Crippen LogP contribution in [0.1, 0.15) is 34.1 Å². The first-order chi connectivity index (χ1) is 7.42. The number of carboxylic acid groups (broad SMARTS) is 1. The molecule has 0 aliphatic heterocycles. The molecule has 0 aliphatic carbocycles. The molecular formula is C11H22N2O3. The average Bonchev–Trinajstić information content (AvgIpc) is 2.15. The molecule has 5 nitrogen and oxygen atoms in total. The van der Waals surface area contributed by atoms with Gasteiger partial charge in [-0.3, -0.25) is 14.5 Å². The zero-order chi connectivity index (χ0) is 12.7. The Kier molecular flexibility index (Phi) is 6.72. The van der Waals surface area contributed by atoms with Crippen LogP contribution in [0.25, 0.3) is 0 Å². The van der Waals surface area contributed by atoms with Crippen LogP contribution in [0.5, 0.6) is 0 Å². The lowest BCUT2D eigenvalue weighted by molar-refractivity contribution is -0.144. The summed E-state index contributed by atoms with van der Waals surface area (Å²) in [5, 5.41) is 11.7. The summed E-state index contributed by atoms with van der Waals surface area (Å²) >= 11 is 0. The lowest BCUT2D eigenvalue weighted by atomic mass is 10.2. The smallest absolute Gasteiger partial charge is 0.320 e. The molecule has 0 heterocycles. The molecule has 0 aliphatic rings. The fourth-order valence-electron chi connectivity index (χ4n) is 1.58. The van der Waals surface area contributed by atoms with E-state index in [1.54, 1.807) is 4.90 Å². The number of carboxylic acids is 1. The Balaban J connectivity index is 4.38. The Labute approximate surface area is 96.8 Å². The number of amides is 1. The second kappa shape index (κ2) is 7.22. The zero-order valence-corrected chi connectivity index (χ0v) is 10.5. The quantitative estimate of drug-likeness (QED) is 0.675. The van der Waals surface area contributed by atoms with Gasteiger partial charge in [0.15, 0.2) is 0 Å². The van der Waals surface area contributed by atoms with Crippen molar-refractivity contribution < 1.29 is 14.7 Å². The van der Waals surface area contributed by atoms with E-state index in [-0.39, 0.29) is 18.5 Å². The Morgan fingerprint density at radius 2 is 1.88 bits per heavy atom. The Morgan fingerprint density at radius 1 is 1.31 bits per heavy atom. The van der Waals surface area contributed by atoms with Crippen LogP contribution in [0.3, 0.4) is 0 Å². The molecule has 0 spiro atoms. The van der Waals surface area contributed by atoms with E-state index in [0.29, 0.717) is 13.0 Å². The van der Waals surface area contributed by atoms with Gasteiger partial charge in [-0.25, -0.2) is 0 Å². The highest BCUT2D eigenvalue weighted by Gasteiger charge is 2.24. The molecule has 0 radical (unpaired) electrons. The number of hydrogen-bond donors (Lipinski definition) is 2. The van der Waals surface area contributed by atoms with Gasteiger partial charge in [-0.1, -0.05) is 13.8 Å². The van der Waals surface area contributed by atoms with Gasteiger partial charge >= 0.3 is 5.97 Å². The molecule has 1 amide bonds. The third-order valence-electron chi connectivity index (χ3n) is 2.32. The highest BCUT2D eigenvalue weighted by molar-refractivity contribution is 5.80. The molecule has 1 atom stereocenters. The number of nitrogens with zero attached hydrogens (tertiary/aromatic N) is 1. The molecule has 0 aromatic heterocycles. The van der Waals surface area contributed by atoms with E-state index in [1.807, 2.05) is 27.7 Å². The fourth-order valence-corrected chi connectivity index (χ4v) is 1.58. The second-order valence-corrected chi connectivity index (χ2v) is 4.05. The molecule has 5 heteroatoms. The highest BCUT2D eigenvalue weighted by Crippen LogP contribution is 2.04. The SMILES string of the molecule is CC[C@H](C(=O)O)N(CC)CC(=O)NC(C)C. The molecule has 0 rings (SSSR count). The summed E-state index contributed by atoms with van der Waals surface area (Å²) in [6.45, 7) is 8.11. The molecule has 0 fully saturated rings. The van der Waals surface area contributed by atoms with Crippen LogP contribution in [0.4, 0.5) is 0 Å². The number of carbonyl (C=O) groups is 2. The number of aliphatic carboxylic acids is 1. The van der Waals surface area contributed by atoms with Crippen LogP contribution >= 0.6 is 0 Å². The maximum Gasteiger partial charge on any atom is 0.320 e. The predicted octanol–water partition coefficient (Wildman–Crippen LogP) is 0.696. The number of hydrogen-bond acceptors (Lipinski definition) is 3. The Morgan fingerprint density at radius 3 is 2.19 bits per heavy atom. The number of nitrogens with one attached hydrogen (secondary N) is 1. The molecule has 94 valence electrons. The zero-order valence-electron chi connectivity index (χ0n) is 10.5. The normalized spacial score (nSPS) is 12.9. The summed E-state index contributed by atoms with van der Waals surface area (Å²) in [4.78, 5) is 24.1. The first kappa shape index (κ1) is 14.9. The minimum atomic E-state index is -0.873. The highest BCUT2D eigenvalue weighted by atomic mass is 16.4. The summed E-state index contributed by atoms with van der Waals surface area (Å²) in [5.74, 6) is -1.00. The Hall–Kier alpha value is -1.10. The maximum atomic E-state index is 11.5. The summed E-state index contributed by atoms with van der Waals surface area (Å²) < 4.78 is 0. The lowest BCUT2D eigenvalue weighted by Crippen LogP contribution is -2.47. The van der Waals surface area contributed by atoms with E-state index < -0.39 is 12.0 Å². The first-order valence-electron chi connectivity index (χ1n) is 5.68. The van der Waals surface area contributed by atoms with Crippen molar-refractivity contribution >= 4 is 11.9 Å². The molecular weight excluding hydrogens is 208 g/mol. The van der Waals surface area contributed by atoms with E-state index in [1.165, 1.54) is 0 Å². The van der Waals surface area contributed by atoms with Crippen molar-refractivity contribution in [3.05, 3.63) is 0 Å². The summed E-state index contributed by atoms with van der Waals surface area (Å²) in [7, 11) is 0. The van der Waals surface area contributed by atoms with Gasteiger partial charge in [-0.15, -0.1) is 0 Å². The Bertz CT molecular complexity index is 241. The molecule has 0 saturated heterocycles. The van der Waals surface area contributed by atoms with Crippen LogP contribution in [-0.2, 0) is 9.59 Å². The van der Waals surface area contributed by atoms with Crippen molar-refractivity contribution in [2.45, 2.75) is 46.2 Å². The summed E-state index contributed by atoms with van der Waals surface area (Å²) in [6.07, 6.45) is 0.498. The van der Waals surface area contributed by atoms with Gasteiger partial charge in [0, 0.05) is 6.04 Å². The van der Waals surface area contributed by atoms with Gasteiger partial charge in [0.05, 0.1) is 6.54 Å². The minimum absolute atomic E-state index is 0.0797. The third-order valence-corrected chi connectivity index (χ3v) is 2.32. The van der Waals surface area contributed by atoms with Crippen LogP contribution in [-0.4, -0.2) is 47.1 Å². The molecule has 0 unspecified atom stereocenters. The van der Waals surface area contributed by atoms with Gasteiger partial charge in [-0.05, 0) is 26.8 Å². The number of carbonyl (C=O) groups excluding carboxylic acids is 1. The van der Waals surface area contributed by atoms with Gasteiger partial charge in [0.25, 0.3) is 0 Å². The van der Waals surface area contributed by atoms with Gasteiger partial charge in [0.1, 0.15) is 6.04 Å². The molecule has 0 aromatic rings. The minimum Gasteiger partial charge on any atom is -0.480 e. The van der Waals surface area contributed by atoms with Crippen LogP contribution < -0.4 is 5.32 Å². The topological polar surface area (TPSA) is 69.6 Å². The number of rotatable bonds is 7. The lowest BCUT2D eigenvalue weighted by Gasteiger charge is -2.26. The molecule has 0 aromatic carbocycles. The van der Waals surface area contributed by atoms with Gasteiger partial charge < -0.3 is 10.4 Å². The van der Waals surface area contributed by atoms with Crippen molar-refractivity contribution in [1.29, 1.82) is 0 Å². The van der Waals surface area contributed by atoms with Gasteiger partial charge in [0.2, 0.25) is 5.91 Å². The monoisotopic (exact) mass is 230 g/mol. The van der Waals surface area contributed by atoms with E-state index in [0.717, 1.165) is 0 Å². The third kappa shape index (κ3) is 5.11. The van der Waals surface area contributed by atoms with Crippen molar-refractivity contribution in [2.75, 3.05) is 13.1 Å². The van der Waals surface area contributed by atoms with E-state index in [4.69, 9.17) is 5.11 Å². The van der Waals surface area contributed by atoms with Crippen LogP contribution in [0.15, 0.2) is 0 Å². The van der Waals surface area contributed by atoms with E-state index in [9.17, 15) is 9.59 Å². The second-order valence-electron chi connectivity index (χ2n) is 4.05. The van der Waals surface area contributed by atoms with Crippen molar-refractivity contribution in [3.63, 3.8) is 0 Å².